The van der Waals surface area contributed by atoms with Crippen LogP contribution in [0, 0.1) is 0 Å². The minimum Gasteiger partial charge on any atom is -0.492 e. The Hall–Kier alpha value is -2.14. The van der Waals surface area contributed by atoms with E-state index in [9.17, 15) is 4.79 Å². The molecule has 1 amide bonds. The number of ether oxygens (including phenoxy) is 1. The number of carbonyl (C=O) groups excluding carboxylic acids is 1. The second-order valence-electron chi connectivity index (χ2n) is 4.30. The Kier molecular flexibility index (Phi) is 4.20. The molecule has 0 radical (unpaired) electrons. The first-order chi connectivity index (χ1) is 9.51. The molecule has 1 aromatic carbocycles. The van der Waals surface area contributed by atoms with Gasteiger partial charge in [0.25, 0.3) is 5.91 Å². The van der Waals surface area contributed by atoms with Crippen LogP contribution < -0.4 is 15.8 Å². The van der Waals surface area contributed by atoms with Crippen LogP contribution in [-0.4, -0.2) is 17.1 Å². The van der Waals surface area contributed by atoms with Crippen molar-refractivity contribution in [2.24, 2.45) is 7.05 Å². The number of halogens is 1. The largest absolute Gasteiger partial charge is 0.492 e. The van der Waals surface area contributed by atoms with Gasteiger partial charge in [0.05, 0.1) is 18.0 Å². The summed E-state index contributed by atoms with van der Waals surface area (Å²) in [7, 11) is 1.76. The molecule has 1 aromatic heterocycles. The molecule has 0 spiro atoms. The van der Waals surface area contributed by atoms with Crippen molar-refractivity contribution in [2.45, 2.75) is 6.92 Å². The summed E-state index contributed by atoms with van der Waals surface area (Å²) in [6.45, 7) is 2.37. The molecule has 5 nitrogen and oxygen atoms in total. The Morgan fingerprint density at radius 1 is 1.45 bits per heavy atom. The summed E-state index contributed by atoms with van der Waals surface area (Å²) in [4.78, 5) is 12.2. The molecule has 20 heavy (non-hydrogen) atoms. The van der Waals surface area contributed by atoms with Crippen molar-refractivity contribution in [3.05, 3.63) is 41.2 Å². The average Bonchev–Trinajstić information content (AvgIpc) is 2.72. The molecule has 0 aliphatic heterocycles. The van der Waals surface area contributed by atoms with Crippen molar-refractivity contribution in [3.63, 3.8) is 0 Å². The van der Waals surface area contributed by atoms with Crippen LogP contribution in [0.3, 0.4) is 0 Å². The highest BCUT2D eigenvalue weighted by atomic mass is 35.5. The number of nitrogen functional groups attached to an aromatic ring is 1. The molecule has 2 aromatic rings. The number of nitrogens with two attached hydrogens (primary N) is 1. The molecule has 1 heterocycles. The molecular weight excluding hydrogens is 278 g/mol. The Bertz CT molecular complexity index is 637. The summed E-state index contributed by atoms with van der Waals surface area (Å²) in [6.07, 6.45) is 1.68. The Morgan fingerprint density at radius 3 is 2.80 bits per heavy atom. The first-order valence-corrected chi connectivity index (χ1v) is 6.54. The third-order valence-corrected chi connectivity index (χ3v) is 2.98. The smallest absolute Gasteiger partial charge is 0.272 e. The molecule has 0 saturated heterocycles. The maximum atomic E-state index is 12.2. The van der Waals surface area contributed by atoms with Crippen molar-refractivity contribution >= 4 is 28.9 Å². The van der Waals surface area contributed by atoms with Crippen LogP contribution in [0.15, 0.2) is 30.5 Å². The minimum absolute atomic E-state index is 0.271. The monoisotopic (exact) mass is 293 g/mol. The maximum absolute atomic E-state index is 12.2. The number of nitrogens with one attached hydrogen (secondary N) is 1. The van der Waals surface area contributed by atoms with Gasteiger partial charge >= 0.3 is 0 Å². The lowest BCUT2D eigenvalue weighted by Crippen LogP contribution is -2.16. The van der Waals surface area contributed by atoms with E-state index in [0.29, 0.717) is 34.4 Å². The van der Waals surface area contributed by atoms with Crippen LogP contribution in [0.1, 0.15) is 17.4 Å². The number of hydrogen-bond donors (Lipinski definition) is 2. The molecule has 0 atom stereocenters. The standard InChI is InChI=1S/C14H16ClN3O2/c1-3-20-13-5-4-9(15)6-11(13)17-14(19)12-7-10(16)8-18(12)2/h4-8H,3,16H2,1-2H3,(H,17,19). The van der Waals surface area contributed by atoms with Gasteiger partial charge in [0.2, 0.25) is 0 Å². The highest BCUT2D eigenvalue weighted by molar-refractivity contribution is 6.31. The zero-order valence-electron chi connectivity index (χ0n) is 11.3. The molecular formula is C14H16ClN3O2. The highest BCUT2D eigenvalue weighted by Gasteiger charge is 2.14. The summed E-state index contributed by atoms with van der Waals surface area (Å²) >= 11 is 5.95. The quantitative estimate of drug-likeness (QED) is 0.910. The van der Waals surface area contributed by atoms with Crippen LogP contribution in [0.4, 0.5) is 11.4 Å². The van der Waals surface area contributed by atoms with Gasteiger partial charge in [0, 0.05) is 18.3 Å². The molecule has 0 aliphatic rings. The van der Waals surface area contributed by atoms with Crippen LogP contribution in [0.25, 0.3) is 0 Å². The number of amides is 1. The van der Waals surface area contributed by atoms with Gasteiger partial charge in [-0.15, -0.1) is 0 Å². The first kappa shape index (κ1) is 14.3. The maximum Gasteiger partial charge on any atom is 0.272 e. The predicted molar refractivity (Wildman–Crippen MR) is 80.4 cm³/mol. The van der Waals surface area contributed by atoms with E-state index in [-0.39, 0.29) is 5.91 Å². The van der Waals surface area contributed by atoms with E-state index >= 15 is 0 Å². The zero-order valence-corrected chi connectivity index (χ0v) is 12.1. The number of anilines is 2. The van der Waals surface area contributed by atoms with Gasteiger partial charge in [-0.1, -0.05) is 11.6 Å². The van der Waals surface area contributed by atoms with E-state index < -0.39 is 0 Å². The third-order valence-electron chi connectivity index (χ3n) is 2.75. The van der Waals surface area contributed by atoms with Gasteiger partial charge in [-0.05, 0) is 31.2 Å². The summed E-state index contributed by atoms with van der Waals surface area (Å²) < 4.78 is 7.12. The topological polar surface area (TPSA) is 69.3 Å². The summed E-state index contributed by atoms with van der Waals surface area (Å²) in [5.41, 5.74) is 7.20. The van der Waals surface area contributed by atoms with Crippen LogP contribution in [0.5, 0.6) is 5.75 Å². The van der Waals surface area contributed by atoms with E-state index in [0.717, 1.165) is 0 Å². The van der Waals surface area contributed by atoms with Gasteiger partial charge in [-0.3, -0.25) is 4.79 Å². The molecule has 106 valence electrons. The van der Waals surface area contributed by atoms with Crippen molar-refractivity contribution in [1.82, 2.24) is 4.57 Å². The fourth-order valence-corrected chi connectivity index (χ4v) is 2.06. The minimum atomic E-state index is -0.271. The molecule has 6 heteroatoms. The average molecular weight is 294 g/mol. The van der Waals surface area contributed by atoms with E-state index in [1.54, 1.807) is 42.1 Å². The number of benzene rings is 1. The summed E-state index contributed by atoms with van der Waals surface area (Å²) in [5.74, 6) is 0.305. The van der Waals surface area contributed by atoms with Gasteiger partial charge in [-0.25, -0.2) is 0 Å². The fourth-order valence-electron chi connectivity index (χ4n) is 1.88. The first-order valence-electron chi connectivity index (χ1n) is 6.16. The highest BCUT2D eigenvalue weighted by Crippen LogP contribution is 2.28. The van der Waals surface area contributed by atoms with Crippen LogP contribution in [0.2, 0.25) is 5.02 Å². The molecule has 0 fully saturated rings. The SMILES string of the molecule is CCOc1ccc(Cl)cc1NC(=O)c1cc(N)cn1C. The molecule has 3 N–H and O–H groups in total. The Labute approximate surface area is 122 Å². The van der Waals surface area contributed by atoms with Crippen molar-refractivity contribution in [2.75, 3.05) is 17.7 Å². The van der Waals surface area contributed by atoms with Gasteiger partial charge in [0.15, 0.2) is 0 Å². The lowest BCUT2D eigenvalue weighted by atomic mass is 10.2. The van der Waals surface area contributed by atoms with Crippen molar-refractivity contribution in [3.8, 4) is 5.75 Å². The second-order valence-corrected chi connectivity index (χ2v) is 4.73. The number of rotatable bonds is 4. The van der Waals surface area contributed by atoms with E-state index in [1.807, 2.05) is 6.92 Å². The number of nitrogens with zero attached hydrogens (tertiary/aromatic N) is 1. The summed E-state index contributed by atoms with van der Waals surface area (Å²) in [6, 6.07) is 6.69. The van der Waals surface area contributed by atoms with E-state index in [2.05, 4.69) is 5.32 Å². The Morgan fingerprint density at radius 2 is 2.20 bits per heavy atom. The van der Waals surface area contributed by atoms with Crippen molar-refractivity contribution in [1.29, 1.82) is 0 Å². The molecule has 2 rings (SSSR count). The molecule has 0 bridgehead atoms. The van der Waals surface area contributed by atoms with E-state index in [1.165, 1.54) is 0 Å². The lowest BCUT2D eigenvalue weighted by molar-refractivity contribution is 0.101. The molecule has 0 saturated carbocycles. The number of carbonyl (C=O) groups is 1. The molecule has 0 unspecified atom stereocenters. The zero-order chi connectivity index (χ0) is 14.7. The van der Waals surface area contributed by atoms with Gasteiger partial charge in [-0.2, -0.15) is 0 Å². The number of hydrogen-bond acceptors (Lipinski definition) is 3. The lowest BCUT2D eigenvalue weighted by Gasteiger charge is -2.12. The number of aromatic nitrogens is 1. The predicted octanol–water partition coefficient (Wildman–Crippen LogP) is 2.91. The van der Waals surface area contributed by atoms with Crippen LogP contribution >= 0.6 is 11.6 Å². The fraction of sp³-hybridized carbons (Fsp3) is 0.214. The van der Waals surface area contributed by atoms with Gasteiger partial charge in [0.1, 0.15) is 11.4 Å². The summed E-state index contributed by atoms with van der Waals surface area (Å²) in [5, 5.41) is 3.31. The normalized spacial score (nSPS) is 10.3. The van der Waals surface area contributed by atoms with Crippen molar-refractivity contribution < 1.29 is 9.53 Å². The third kappa shape index (κ3) is 3.05. The van der Waals surface area contributed by atoms with E-state index in [4.69, 9.17) is 22.1 Å². The van der Waals surface area contributed by atoms with Crippen LogP contribution in [-0.2, 0) is 7.05 Å². The second kappa shape index (κ2) is 5.88. The Balaban J connectivity index is 2.27. The van der Waals surface area contributed by atoms with Gasteiger partial charge < -0.3 is 20.4 Å². The number of aryl methyl sites for hydroxylation is 1. The molecule has 0 aliphatic carbocycles.